The number of hydrogen-bond donors (Lipinski definition) is 1. The van der Waals surface area contributed by atoms with E-state index < -0.39 is 43.8 Å². The van der Waals surface area contributed by atoms with Gasteiger partial charge in [0.05, 0.1) is 9.64 Å². The van der Waals surface area contributed by atoms with Gasteiger partial charge in [-0.05, 0) is 64.8 Å². The van der Waals surface area contributed by atoms with Gasteiger partial charge in [-0.3, -0.25) is 0 Å². The highest BCUT2D eigenvalue weighted by atomic mass is 32.2. The number of piperidine rings is 1. The number of esters is 1. The lowest BCUT2D eigenvalue weighted by Gasteiger charge is -2.47. The van der Waals surface area contributed by atoms with E-state index in [0.717, 1.165) is 0 Å². The van der Waals surface area contributed by atoms with Crippen LogP contribution in [0.4, 0.5) is 13.2 Å². The van der Waals surface area contributed by atoms with Crippen molar-refractivity contribution in [1.29, 1.82) is 0 Å². The standard InChI is InChI=1S/C24H36F3NO5S/c1-21(2,3)23(30,33-20(29)24(25,26)27)18-11-9-15-28(17-18)16-10-14-22(4,5)34(31,32)19-12-7-6-8-13-19/h6-8,12-13,18,30H,9-11,14-17H2,1-5H3. The Bertz CT molecular complexity index is 942. The molecule has 194 valence electrons. The van der Waals surface area contributed by atoms with Crippen LogP contribution in [0.3, 0.4) is 0 Å². The quantitative estimate of drug-likeness (QED) is 0.410. The first-order valence-corrected chi connectivity index (χ1v) is 12.9. The topological polar surface area (TPSA) is 83.9 Å². The Balaban J connectivity index is 2.07. The van der Waals surface area contributed by atoms with Crippen LogP contribution in [0.25, 0.3) is 0 Å². The fourth-order valence-corrected chi connectivity index (χ4v) is 5.97. The Morgan fingerprint density at radius 3 is 2.24 bits per heavy atom. The zero-order valence-corrected chi connectivity index (χ0v) is 21.3. The SMILES string of the molecule is CC(C)(C)C(O)(OC(=O)C(F)(F)F)C1CCCN(CCCC(C)(C)S(=O)(=O)c2ccccc2)C1. The Labute approximate surface area is 200 Å². The highest BCUT2D eigenvalue weighted by Gasteiger charge is 2.55. The summed E-state index contributed by atoms with van der Waals surface area (Å²) in [5.41, 5.74) is -1.15. The zero-order valence-electron chi connectivity index (χ0n) is 20.5. The molecule has 1 aromatic carbocycles. The van der Waals surface area contributed by atoms with Gasteiger partial charge in [-0.2, -0.15) is 13.2 Å². The average Bonchev–Trinajstić information content (AvgIpc) is 2.72. The summed E-state index contributed by atoms with van der Waals surface area (Å²) in [6.45, 7) is 9.39. The number of halogens is 3. The molecule has 1 heterocycles. The molecule has 34 heavy (non-hydrogen) atoms. The predicted molar refractivity (Wildman–Crippen MR) is 123 cm³/mol. The third kappa shape index (κ3) is 6.31. The summed E-state index contributed by atoms with van der Waals surface area (Å²) in [6.07, 6.45) is -3.26. The van der Waals surface area contributed by atoms with Crippen molar-refractivity contribution in [3.63, 3.8) is 0 Å². The minimum absolute atomic E-state index is 0.241. The molecule has 1 aromatic rings. The molecular weight excluding hydrogens is 471 g/mol. The Hall–Kier alpha value is -1.65. The second kappa shape index (κ2) is 10.1. The largest absolute Gasteiger partial charge is 0.491 e. The van der Waals surface area contributed by atoms with Crippen LogP contribution in [0.2, 0.25) is 0 Å². The highest BCUT2D eigenvalue weighted by Crippen LogP contribution is 2.43. The number of likely N-dealkylation sites (tertiary alicyclic amines) is 1. The predicted octanol–water partition coefficient (Wildman–Crippen LogP) is 4.57. The normalized spacial score (nSPS) is 20.6. The second-order valence-corrected chi connectivity index (χ2v) is 13.2. The maximum atomic E-state index is 13.0. The van der Waals surface area contributed by atoms with Gasteiger partial charge in [0.25, 0.3) is 0 Å². The molecule has 6 nitrogen and oxygen atoms in total. The van der Waals surface area contributed by atoms with Crippen LogP contribution in [-0.4, -0.2) is 60.7 Å². The van der Waals surface area contributed by atoms with E-state index in [1.807, 2.05) is 4.90 Å². The number of aliphatic hydroxyl groups is 1. The minimum Gasteiger partial charge on any atom is -0.426 e. The van der Waals surface area contributed by atoms with Crippen molar-refractivity contribution in [3.8, 4) is 0 Å². The van der Waals surface area contributed by atoms with Gasteiger partial charge in [-0.25, -0.2) is 13.2 Å². The third-order valence-corrected chi connectivity index (χ3v) is 9.20. The first-order valence-electron chi connectivity index (χ1n) is 11.5. The molecule has 0 radical (unpaired) electrons. The van der Waals surface area contributed by atoms with Crippen molar-refractivity contribution >= 4 is 15.8 Å². The molecule has 0 amide bonds. The van der Waals surface area contributed by atoms with Gasteiger partial charge in [0.2, 0.25) is 5.79 Å². The molecule has 10 heteroatoms. The lowest BCUT2D eigenvalue weighted by molar-refractivity contribution is -0.301. The minimum atomic E-state index is -5.20. The third-order valence-electron chi connectivity index (χ3n) is 6.65. The summed E-state index contributed by atoms with van der Waals surface area (Å²) < 4.78 is 68.3. The van der Waals surface area contributed by atoms with Gasteiger partial charge in [-0.1, -0.05) is 39.0 Å². The maximum absolute atomic E-state index is 13.0. The molecule has 1 aliphatic rings. The number of rotatable bonds is 8. The van der Waals surface area contributed by atoms with Crippen molar-refractivity contribution in [2.24, 2.45) is 11.3 Å². The van der Waals surface area contributed by atoms with E-state index in [1.165, 1.54) is 20.8 Å². The first-order chi connectivity index (χ1) is 15.4. The lowest BCUT2D eigenvalue weighted by atomic mass is 9.74. The van der Waals surface area contributed by atoms with E-state index >= 15 is 0 Å². The van der Waals surface area contributed by atoms with Gasteiger partial charge in [0.15, 0.2) is 9.84 Å². The van der Waals surface area contributed by atoms with Gasteiger partial charge < -0.3 is 14.7 Å². The molecule has 2 atom stereocenters. The Morgan fingerprint density at radius 1 is 1.12 bits per heavy atom. The van der Waals surface area contributed by atoms with Gasteiger partial charge in [-0.15, -0.1) is 0 Å². The van der Waals surface area contributed by atoms with Crippen LogP contribution >= 0.6 is 0 Å². The number of nitrogens with zero attached hydrogens (tertiary/aromatic N) is 1. The van der Waals surface area contributed by atoms with Crippen LogP contribution in [-0.2, 0) is 19.4 Å². The fourth-order valence-electron chi connectivity index (χ4n) is 4.41. The number of carbonyl (C=O) groups is 1. The zero-order chi connectivity index (χ0) is 26.0. The summed E-state index contributed by atoms with van der Waals surface area (Å²) >= 11 is 0. The number of sulfone groups is 1. The van der Waals surface area contributed by atoms with E-state index in [4.69, 9.17) is 4.74 Å². The molecule has 1 N–H and O–H groups in total. The van der Waals surface area contributed by atoms with E-state index in [2.05, 4.69) is 0 Å². The van der Waals surface area contributed by atoms with Gasteiger partial charge in [0.1, 0.15) is 0 Å². The summed E-state index contributed by atoms with van der Waals surface area (Å²) in [6, 6.07) is 8.25. The lowest BCUT2D eigenvalue weighted by Crippen LogP contribution is -2.58. The van der Waals surface area contributed by atoms with Crippen molar-refractivity contribution in [3.05, 3.63) is 30.3 Å². The summed E-state index contributed by atoms with van der Waals surface area (Å²) in [5, 5.41) is 11.2. The highest BCUT2D eigenvalue weighted by molar-refractivity contribution is 7.92. The molecule has 0 bridgehead atoms. The molecular formula is C24H36F3NO5S. The average molecular weight is 508 g/mol. The number of carbonyl (C=O) groups excluding carboxylic acids is 1. The molecule has 1 fully saturated rings. The number of ether oxygens (including phenoxy) is 1. The second-order valence-electron chi connectivity index (χ2n) is 10.7. The van der Waals surface area contributed by atoms with Crippen molar-refractivity contribution in [1.82, 2.24) is 4.90 Å². The van der Waals surface area contributed by atoms with E-state index in [-0.39, 0.29) is 11.4 Å². The molecule has 0 saturated carbocycles. The molecule has 1 saturated heterocycles. The van der Waals surface area contributed by atoms with Gasteiger partial charge >= 0.3 is 12.1 Å². The Kier molecular flexibility index (Phi) is 8.53. The van der Waals surface area contributed by atoms with E-state index in [9.17, 15) is 31.5 Å². The molecule has 1 aliphatic heterocycles. The summed E-state index contributed by atoms with van der Waals surface area (Å²) in [4.78, 5) is 13.8. The number of hydrogen-bond acceptors (Lipinski definition) is 6. The summed E-state index contributed by atoms with van der Waals surface area (Å²) in [7, 11) is -3.54. The first kappa shape index (κ1) is 28.6. The molecule has 2 unspecified atom stereocenters. The van der Waals surface area contributed by atoms with Crippen LogP contribution in [0, 0.1) is 11.3 Å². The smallest absolute Gasteiger partial charge is 0.426 e. The van der Waals surface area contributed by atoms with Crippen molar-refractivity contribution < 1.29 is 36.2 Å². The van der Waals surface area contributed by atoms with E-state index in [0.29, 0.717) is 38.8 Å². The number of benzene rings is 1. The van der Waals surface area contributed by atoms with Crippen molar-refractivity contribution in [2.45, 2.75) is 81.9 Å². The van der Waals surface area contributed by atoms with Crippen LogP contribution in [0.1, 0.15) is 60.3 Å². The monoisotopic (exact) mass is 507 g/mol. The molecule has 0 aliphatic carbocycles. The van der Waals surface area contributed by atoms with Crippen LogP contribution in [0.5, 0.6) is 0 Å². The van der Waals surface area contributed by atoms with E-state index in [1.54, 1.807) is 44.2 Å². The molecule has 2 rings (SSSR count). The maximum Gasteiger partial charge on any atom is 0.491 e. The van der Waals surface area contributed by atoms with Crippen LogP contribution < -0.4 is 0 Å². The number of alkyl halides is 3. The van der Waals surface area contributed by atoms with Crippen LogP contribution in [0.15, 0.2) is 35.2 Å². The fraction of sp³-hybridized carbons (Fsp3) is 0.708. The van der Waals surface area contributed by atoms with Gasteiger partial charge in [0, 0.05) is 17.9 Å². The molecule has 0 aromatic heterocycles. The molecule has 0 spiro atoms. The summed E-state index contributed by atoms with van der Waals surface area (Å²) in [5.74, 6) is -5.42. The Morgan fingerprint density at radius 2 is 1.71 bits per heavy atom. The van der Waals surface area contributed by atoms with Crippen molar-refractivity contribution in [2.75, 3.05) is 19.6 Å².